The molecule has 0 unspecified atom stereocenters. The van der Waals surface area contributed by atoms with E-state index in [1.54, 1.807) is 19.1 Å². The minimum absolute atomic E-state index is 0.119. The Hall–Kier alpha value is -4.56. The Morgan fingerprint density at radius 2 is 1.67 bits per heavy atom. The van der Waals surface area contributed by atoms with Crippen LogP contribution in [0.3, 0.4) is 0 Å². The van der Waals surface area contributed by atoms with E-state index in [-0.39, 0.29) is 45.3 Å². The molecule has 3 aromatic carbocycles. The number of fused-ring (bicyclic) bond motifs is 1. The van der Waals surface area contributed by atoms with E-state index >= 15 is 0 Å². The van der Waals surface area contributed by atoms with Gasteiger partial charge in [-0.25, -0.2) is 9.96 Å². The fourth-order valence-electron chi connectivity index (χ4n) is 4.73. The normalized spacial score (nSPS) is 20.3. The van der Waals surface area contributed by atoms with Crippen molar-refractivity contribution in [1.82, 2.24) is 0 Å². The van der Waals surface area contributed by atoms with Gasteiger partial charge in [0.2, 0.25) is 5.91 Å². The van der Waals surface area contributed by atoms with E-state index in [9.17, 15) is 34.9 Å². The van der Waals surface area contributed by atoms with E-state index in [0.717, 1.165) is 4.90 Å². The molecular weight excluding hydrogens is 580 g/mol. The number of nitro groups is 2. The lowest BCUT2D eigenvalue weighted by Gasteiger charge is -2.29. The first-order valence-corrected chi connectivity index (χ1v) is 12.4. The van der Waals surface area contributed by atoms with Gasteiger partial charge in [0, 0.05) is 24.3 Å². The molecule has 2 aliphatic rings. The molecule has 0 aliphatic carbocycles. The second kappa shape index (κ2) is 9.96. The van der Waals surface area contributed by atoms with Crippen LogP contribution in [0, 0.1) is 26.1 Å². The first-order valence-electron chi connectivity index (χ1n) is 11.6. The first kappa shape index (κ1) is 26.1. The number of ether oxygens (including phenoxy) is 1. The molecule has 0 spiro atoms. The number of phenols is 1. The number of nitro benzene ring substituents is 2. The minimum atomic E-state index is -1.29. The number of hydroxylamine groups is 1. The fraction of sp³-hybridized carbons (Fsp3) is 0.200. The molecule has 1 N–H and O–H groups in total. The second-order valence-corrected chi connectivity index (χ2v) is 9.52. The number of amides is 2. The number of halogens is 1. The Morgan fingerprint density at radius 3 is 2.31 bits per heavy atom. The van der Waals surface area contributed by atoms with Crippen LogP contribution in [0.1, 0.15) is 18.5 Å². The molecule has 200 valence electrons. The van der Waals surface area contributed by atoms with Crippen molar-refractivity contribution in [2.24, 2.45) is 5.92 Å². The quantitative estimate of drug-likeness (QED) is 0.233. The number of carbonyl (C=O) groups excluding carboxylic acids is 2. The Labute approximate surface area is 228 Å². The molecule has 2 aliphatic heterocycles. The van der Waals surface area contributed by atoms with Gasteiger partial charge in [-0.3, -0.25) is 34.7 Å². The van der Waals surface area contributed by atoms with E-state index in [1.807, 2.05) is 0 Å². The third kappa shape index (κ3) is 4.42. The van der Waals surface area contributed by atoms with Crippen LogP contribution in [0.25, 0.3) is 0 Å². The van der Waals surface area contributed by atoms with Gasteiger partial charge in [-0.15, -0.1) is 0 Å². The molecule has 2 saturated heterocycles. The van der Waals surface area contributed by atoms with Gasteiger partial charge < -0.3 is 9.84 Å². The van der Waals surface area contributed by atoms with Crippen molar-refractivity contribution in [3.05, 3.63) is 90.9 Å². The molecule has 39 heavy (non-hydrogen) atoms. The largest absolute Gasteiger partial charge is 0.503 e. The average Bonchev–Trinajstić information content (AvgIpc) is 3.42. The van der Waals surface area contributed by atoms with Crippen LogP contribution in [-0.2, 0) is 14.4 Å². The number of imide groups is 1. The van der Waals surface area contributed by atoms with Crippen molar-refractivity contribution in [2.75, 3.05) is 16.6 Å². The van der Waals surface area contributed by atoms with Crippen LogP contribution in [0.4, 0.5) is 22.7 Å². The summed E-state index contributed by atoms with van der Waals surface area (Å²) in [5, 5.41) is 34.2. The SMILES string of the molecule is CCOc1cc([C@@H]2[C@@H]3C(=O)N(c4ccc([N+](=O)[O-])cc4)C(=O)[C@H]3ON2c2cccc([N+](=O)[O-])c2)cc(Br)c1O. The maximum atomic E-state index is 13.8. The molecule has 2 fully saturated rings. The van der Waals surface area contributed by atoms with Gasteiger partial charge in [0.05, 0.1) is 38.3 Å². The van der Waals surface area contributed by atoms with Crippen molar-refractivity contribution >= 4 is 50.5 Å². The van der Waals surface area contributed by atoms with Crippen molar-refractivity contribution in [1.29, 1.82) is 0 Å². The third-order valence-electron chi connectivity index (χ3n) is 6.42. The van der Waals surface area contributed by atoms with Gasteiger partial charge in [0.25, 0.3) is 17.3 Å². The summed E-state index contributed by atoms with van der Waals surface area (Å²) in [5.74, 6) is -2.47. The summed E-state index contributed by atoms with van der Waals surface area (Å²) in [5.41, 5.74) is 0.360. The molecule has 0 radical (unpaired) electrons. The molecule has 13 nitrogen and oxygen atoms in total. The lowest BCUT2D eigenvalue weighted by atomic mass is 9.90. The summed E-state index contributed by atoms with van der Waals surface area (Å²) in [6.07, 6.45) is -1.29. The summed E-state index contributed by atoms with van der Waals surface area (Å²) in [4.78, 5) is 55.5. The number of phenolic OH excluding ortho intramolecular Hbond substituents is 1. The van der Waals surface area contributed by atoms with Crippen molar-refractivity contribution in [3.63, 3.8) is 0 Å². The zero-order valence-electron chi connectivity index (χ0n) is 20.1. The van der Waals surface area contributed by atoms with E-state index in [4.69, 9.17) is 9.57 Å². The third-order valence-corrected chi connectivity index (χ3v) is 7.03. The van der Waals surface area contributed by atoms with Gasteiger partial charge in [0.15, 0.2) is 17.6 Å². The van der Waals surface area contributed by atoms with E-state index in [1.165, 1.54) is 53.6 Å². The standard InChI is InChI=1S/C25H19BrN4O9/c1-2-38-19-11-13(10-18(26)22(19)31)21-20-23(39-28(21)16-4-3-5-17(12-16)30(36)37)25(33)27(24(20)32)14-6-8-15(9-7-14)29(34)35/h3-12,20-21,23,31H,2H2,1H3/t20-,21+,23-/m0/s1. The zero-order chi connectivity index (χ0) is 28.0. The van der Waals surface area contributed by atoms with Gasteiger partial charge in [-0.1, -0.05) is 6.07 Å². The van der Waals surface area contributed by atoms with Crippen molar-refractivity contribution < 1.29 is 34.1 Å². The Morgan fingerprint density at radius 1 is 0.974 bits per heavy atom. The van der Waals surface area contributed by atoms with Gasteiger partial charge in [-0.2, -0.15) is 0 Å². The molecule has 0 saturated carbocycles. The highest BCUT2D eigenvalue weighted by Crippen LogP contribution is 2.50. The van der Waals surface area contributed by atoms with Crippen LogP contribution < -0.4 is 14.7 Å². The van der Waals surface area contributed by atoms with Gasteiger partial charge in [-0.05, 0) is 58.7 Å². The van der Waals surface area contributed by atoms with Crippen LogP contribution in [0.5, 0.6) is 11.5 Å². The number of non-ortho nitro benzene ring substituents is 2. The van der Waals surface area contributed by atoms with Crippen LogP contribution in [0.2, 0.25) is 0 Å². The maximum absolute atomic E-state index is 13.8. The predicted molar refractivity (Wildman–Crippen MR) is 139 cm³/mol. The molecule has 5 rings (SSSR count). The van der Waals surface area contributed by atoms with E-state index in [2.05, 4.69) is 15.9 Å². The second-order valence-electron chi connectivity index (χ2n) is 8.67. The summed E-state index contributed by atoms with van der Waals surface area (Å²) >= 11 is 3.29. The minimum Gasteiger partial charge on any atom is -0.503 e. The number of nitrogens with zero attached hydrogens (tertiary/aromatic N) is 4. The van der Waals surface area contributed by atoms with E-state index < -0.39 is 39.7 Å². The highest BCUT2D eigenvalue weighted by atomic mass is 79.9. The molecule has 14 heteroatoms. The van der Waals surface area contributed by atoms with Crippen LogP contribution >= 0.6 is 15.9 Å². The maximum Gasteiger partial charge on any atom is 0.271 e. The summed E-state index contributed by atoms with van der Waals surface area (Å²) < 4.78 is 5.80. The number of hydrogen-bond donors (Lipinski definition) is 1. The first-order chi connectivity index (χ1) is 18.6. The Balaban J connectivity index is 1.62. The van der Waals surface area contributed by atoms with E-state index in [0.29, 0.717) is 5.56 Å². The Kier molecular flexibility index (Phi) is 6.66. The van der Waals surface area contributed by atoms with Crippen LogP contribution in [0.15, 0.2) is 65.1 Å². The number of carbonyl (C=O) groups is 2. The number of anilines is 2. The van der Waals surface area contributed by atoms with Gasteiger partial charge >= 0.3 is 0 Å². The zero-order valence-corrected chi connectivity index (χ0v) is 21.7. The van der Waals surface area contributed by atoms with Crippen molar-refractivity contribution in [3.8, 4) is 11.5 Å². The molecule has 3 atom stereocenters. The topological polar surface area (TPSA) is 166 Å². The van der Waals surface area contributed by atoms with Crippen molar-refractivity contribution in [2.45, 2.75) is 19.1 Å². The summed E-state index contributed by atoms with van der Waals surface area (Å²) in [6.45, 7) is 1.96. The molecule has 0 aromatic heterocycles. The Bertz CT molecular complexity index is 1510. The number of aromatic hydroxyl groups is 1. The summed E-state index contributed by atoms with van der Waals surface area (Å²) in [7, 11) is 0. The van der Waals surface area contributed by atoms with Crippen LogP contribution in [-0.4, -0.2) is 39.5 Å². The lowest BCUT2D eigenvalue weighted by Crippen LogP contribution is -2.37. The monoisotopic (exact) mass is 598 g/mol. The highest BCUT2D eigenvalue weighted by molar-refractivity contribution is 9.10. The predicted octanol–water partition coefficient (Wildman–Crippen LogP) is 4.42. The molecule has 3 aromatic rings. The molecule has 2 heterocycles. The average molecular weight is 599 g/mol. The lowest BCUT2D eigenvalue weighted by molar-refractivity contribution is -0.385. The number of rotatable bonds is 7. The highest BCUT2D eigenvalue weighted by Gasteiger charge is 2.60. The molecule has 0 bridgehead atoms. The van der Waals surface area contributed by atoms with Gasteiger partial charge in [0.1, 0.15) is 5.92 Å². The fourth-order valence-corrected chi connectivity index (χ4v) is 5.19. The smallest absolute Gasteiger partial charge is 0.271 e. The number of hydrogen-bond acceptors (Lipinski definition) is 10. The molecule has 2 amide bonds. The summed E-state index contributed by atoms with van der Waals surface area (Å²) in [6, 6.07) is 12.6. The molecular formula is C25H19BrN4O9. The number of benzene rings is 3.